The van der Waals surface area contributed by atoms with Crippen LogP contribution >= 0.6 is 0 Å². The second-order valence-corrected chi connectivity index (χ2v) is 5.16. The van der Waals surface area contributed by atoms with Gasteiger partial charge in [-0.3, -0.25) is 0 Å². The predicted octanol–water partition coefficient (Wildman–Crippen LogP) is 2.39. The molecule has 3 heterocycles. The maximum Gasteiger partial charge on any atom is 0.280 e. The first-order chi connectivity index (χ1) is 10.3. The number of nitrogens with zero attached hydrogens (tertiary/aromatic N) is 3. The number of nitrogens with one attached hydrogen (secondary N) is 1. The van der Waals surface area contributed by atoms with Crippen LogP contribution in [0.5, 0.6) is 0 Å². The van der Waals surface area contributed by atoms with E-state index < -0.39 is 0 Å². The van der Waals surface area contributed by atoms with Gasteiger partial charge in [-0.2, -0.15) is 4.98 Å². The third-order valence-corrected chi connectivity index (χ3v) is 3.75. The Morgan fingerprint density at radius 3 is 2.62 bits per heavy atom. The summed E-state index contributed by atoms with van der Waals surface area (Å²) in [7, 11) is 0. The lowest BCUT2D eigenvalue weighted by molar-refractivity contribution is 0.379. The van der Waals surface area contributed by atoms with Gasteiger partial charge in [-0.1, -0.05) is 40.6 Å². The van der Waals surface area contributed by atoms with E-state index in [2.05, 4.69) is 20.6 Å². The van der Waals surface area contributed by atoms with Crippen molar-refractivity contribution in [3.63, 3.8) is 0 Å². The van der Waals surface area contributed by atoms with Crippen molar-refractivity contribution in [3.05, 3.63) is 41.7 Å². The van der Waals surface area contributed by atoms with E-state index in [0.717, 1.165) is 35.8 Å². The molecule has 0 radical (unpaired) electrons. The Morgan fingerprint density at radius 2 is 1.90 bits per heavy atom. The smallest absolute Gasteiger partial charge is 0.280 e. The van der Waals surface area contributed by atoms with Gasteiger partial charge in [0.05, 0.1) is 0 Å². The lowest BCUT2D eigenvalue weighted by Gasteiger charge is -2.23. The number of hydrogen-bond acceptors (Lipinski definition) is 6. The zero-order valence-electron chi connectivity index (χ0n) is 11.5. The first-order valence-electron chi connectivity index (χ1n) is 6.89. The van der Waals surface area contributed by atoms with Crippen molar-refractivity contribution in [1.29, 1.82) is 0 Å². The van der Waals surface area contributed by atoms with Crippen molar-refractivity contribution in [3.8, 4) is 22.9 Å². The Balaban J connectivity index is 1.70. The first kappa shape index (κ1) is 12.3. The summed E-state index contributed by atoms with van der Waals surface area (Å²) in [6.07, 6.45) is 0. The van der Waals surface area contributed by atoms with Gasteiger partial charge < -0.3 is 14.4 Å². The van der Waals surface area contributed by atoms with Crippen LogP contribution in [0.3, 0.4) is 0 Å². The van der Waals surface area contributed by atoms with Gasteiger partial charge in [0.25, 0.3) is 5.89 Å². The highest BCUT2D eigenvalue weighted by molar-refractivity contribution is 5.68. The topological polar surface area (TPSA) is 77.0 Å². The molecule has 1 N–H and O–H groups in total. The highest BCUT2D eigenvalue weighted by atomic mass is 16.5. The molecule has 0 spiro atoms. The van der Waals surface area contributed by atoms with Crippen LogP contribution in [0.25, 0.3) is 22.9 Å². The van der Waals surface area contributed by atoms with E-state index in [0.29, 0.717) is 17.5 Å². The van der Waals surface area contributed by atoms with Crippen LogP contribution in [0.2, 0.25) is 0 Å². The van der Waals surface area contributed by atoms with Crippen LogP contribution in [0.4, 0.5) is 0 Å². The fourth-order valence-corrected chi connectivity index (χ4v) is 2.36. The Morgan fingerprint density at radius 1 is 1.10 bits per heavy atom. The lowest BCUT2D eigenvalue weighted by atomic mass is 10.0. The average molecular weight is 282 g/mol. The van der Waals surface area contributed by atoms with Crippen molar-refractivity contribution in [2.45, 2.75) is 12.8 Å². The second-order valence-electron chi connectivity index (χ2n) is 5.16. The van der Waals surface area contributed by atoms with Crippen molar-refractivity contribution in [1.82, 2.24) is 20.6 Å². The van der Waals surface area contributed by atoms with Gasteiger partial charge in [-0.05, 0) is 6.92 Å². The highest BCUT2D eigenvalue weighted by Crippen LogP contribution is 2.31. The molecule has 0 aliphatic carbocycles. The van der Waals surface area contributed by atoms with E-state index in [-0.39, 0.29) is 0 Å². The molecule has 1 aromatic carbocycles. The fraction of sp³-hybridized carbons (Fsp3) is 0.267. The van der Waals surface area contributed by atoms with Crippen LogP contribution in [-0.2, 0) is 0 Å². The molecule has 0 unspecified atom stereocenters. The quantitative estimate of drug-likeness (QED) is 0.794. The number of aromatic nitrogens is 3. The van der Waals surface area contributed by atoms with E-state index in [1.165, 1.54) is 0 Å². The van der Waals surface area contributed by atoms with E-state index in [9.17, 15) is 0 Å². The summed E-state index contributed by atoms with van der Waals surface area (Å²) in [5, 5.41) is 11.3. The van der Waals surface area contributed by atoms with Gasteiger partial charge in [0.2, 0.25) is 0 Å². The Labute approximate surface area is 121 Å². The molecule has 0 amide bonds. The maximum atomic E-state index is 5.46. The Hall–Kier alpha value is -2.47. The van der Waals surface area contributed by atoms with Crippen LogP contribution in [0, 0.1) is 6.92 Å². The van der Waals surface area contributed by atoms with E-state index >= 15 is 0 Å². The van der Waals surface area contributed by atoms with E-state index in [4.69, 9.17) is 9.05 Å². The summed E-state index contributed by atoms with van der Waals surface area (Å²) in [6, 6.07) is 9.86. The SMILES string of the molecule is Cc1c(-c2nc(C3CNC3)no2)noc1-c1ccccc1. The lowest BCUT2D eigenvalue weighted by Crippen LogP contribution is -2.40. The van der Waals surface area contributed by atoms with E-state index in [1.807, 2.05) is 37.3 Å². The van der Waals surface area contributed by atoms with Crippen LogP contribution in [0.15, 0.2) is 39.4 Å². The number of benzene rings is 1. The zero-order valence-corrected chi connectivity index (χ0v) is 11.5. The second kappa shape index (κ2) is 4.82. The molecule has 2 aromatic heterocycles. The molecular weight excluding hydrogens is 268 g/mol. The predicted molar refractivity (Wildman–Crippen MR) is 75.6 cm³/mol. The van der Waals surface area contributed by atoms with Gasteiger partial charge in [0.1, 0.15) is 0 Å². The van der Waals surface area contributed by atoms with Crippen molar-refractivity contribution in [2.75, 3.05) is 13.1 Å². The molecule has 0 bridgehead atoms. The normalized spacial score (nSPS) is 15.1. The van der Waals surface area contributed by atoms with Gasteiger partial charge in [0, 0.05) is 30.1 Å². The fourth-order valence-electron chi connectivity index (χ4n) is 2.36. The summed E-state index contributed by atoms with van der Waals surface area (Å²) in [5.74, 6) is 2.21. The summed E-state index contributed by atoms with van der Waals surface area (Å²) < 4.78 is 10.8. The molecule has 0 saturated carbocycles. The third kappa shape index (κ3) is 2.04. The van der Waals surface area contributed by atoms with Gasteiger partial charge in [-0.25, -0.2) is 0 Å². The highest BCUT2D eigenvalue weighted by Gasteiger charge is 2.26. The molecule has 1 fully saturated rings. The molecular formula is C15H14N4O2. The van der Waals surface area contributed by atoms with Gasteiger partial charge >= 0.3 is 0 Å². The Bertz CT molecular complexity index is 759. The summed E-state index contributed by atoms with van der Waals surface area (Å²) >= 11 is 0. The molecule has 3 aromatic rings. The molecule has 1 aliphatic rings. The minimum atomic E-state index is 0.336. The average Bonchev–Trinajstić information content (AvgIpc) is 3.05. The monoisotopic (exact) mass is 282 g/mol. The maximum absolute atomic E-state index is 5.46. The molecule has 106 valence electrons. The van der Waals surface area contributed by atoms with E-state index in [1.54, 1.807) is 0 Å². The molecule has 4 rings (SSSR count). The summed E-state index contributed by atoms with van der Waals surface area (Å²) in [6.45, 7) is 3.74. The molecule has 6 heteroatoms. The number of hydrogen-bond donors (Lipinski definition) is 1. The van der Waals surface area contributed by atoms with Crippen LogP contribution in [0.1, 0.15) is 17.3 Å². The van der Waals surface area contributed by atoms with Crippen molar-refractivity contribution in [2.24, 2.45) is 0 Å². The molecule has 6 nitrogen and oxygen atoms in total. The van der Waals surface area contributed by atoms with Crippen molar-refractivity contribution >= 4 is 0 Å². The largest absolute Gasteiger partial charge is 0.355 e. The standard InChI is InChI=1S/C15H14N4O2/c1-9-12(15-17-14(19-21-15)11-7-16-8-11)18-20-13(9)10-5-3-2-4-6-10/h2-6,11,16H,7-8H2,1H3. The zero-order chi connectivity index (χ0) is 14.2. The minimum Gasteiger partial charge on any atom is -0.355 e. The summed E-state index contributed by atoms with van der Waals surface area (Å²) in [4.78, 5) is 4.43. The van der Waals surface area contributed by atoms with Gasteiger partial charge in [0.15, 0.2) is 17.3 Å². The Kier molecular flexibility index (Phi) is 2.82. The molecule has 21 heavy (non-hydrogen) atoms. The number of rotatable bonds is 3. The van der Waals surface area contributed by atoms with Crippen LogP contribution < -0.4 is 5.32 Å². The third-order valence-electron chi connectivity index (χ3n) is 3.75. The molecule has 1 aliphatic heterocycles. The summed E-state index contributed by atoms with van der Waals surface area (Å²) in [5.41, 5.74) is 2.50. The van der Waals surface area contributed by atoms with Crippen molar-refractivity contribution < 1.29 is 9.05 Å². The van der Waals surface area contributed by atoms with Crippen LogP contribution in [-0.4, -0.2) is 28.4 Å². The first-order valence-corrected chi connectivity index (χ1v) is 6.89. The van der Waals surface area contributed by atoms with Gasteiger partial charge in [-0.15, -0.1) is 0 Å². The molecule has 1 saturated heterocycles. The molecule has 0 atom stereocenters. The minimum absolute atomic E-state index is 0.336.